The van der Waals surface area contributed by atoms with Gasteiger partial charge in [0.15, 0.2) is 0 Å². The summed E-state index contributed by atoms with van der Waals surface area (Å²) in [4.78, 5) is 34.0. The highest BCUT2D eigenvalue weighted by Crippen LogP contribution is 2.23. The lowest BCUT2D eigenvalue weighted by Crippen LogP contribution is -2.24. The van der Waals surface area contributed by atoms with Crippen LogP contribution in [0.15, 0.2) is 42.5 Å². The molecule has 8 heteroatoms. The number of nitro benzene ring substituents is 1. The standard InChI is InChI=1S/C18H16N4O4/c1-2-9-20-18(24)14-5-3-4-6-15(14)21-11-13-8-7-12(17(19)23)10-16(13)22(25)26/h1,3-8,10,21H,9,11H2,(H2,19,23)(H,20,24). The molecular weight excluding hydrogens is 336 g/mol. The lowest BCUT2D eigenvalue weighted by molar-refractivity contribution is -0.385. The number of anilines is 1. The number of para-hydroxylation sites is 1. The van der Waals surface area contributed by atoms with Gasteiger partial charge in [-0.3, -0.25) is 19.7 Å². The number of hydrogen-bond donors (Lipinski definition) is 3. The summed E-state index contributed by atoms with van der Waals surface area (Å²) in [5.41, 5.74) is 6.17. The second-order valence-electron chi connectivity index (χ2n) is 5.25. The fraction of sp³-hybridized carbons (Fsp3) is 0.111. The molecular formula is C18H16N4O4. The molecule has 0 heterocycles. The summed E-state index contributed by atoms with van der Waals surface area (Å²) in [6, 6.07) is 10.7. The molecule has 0 aliphatic carbocycles. The molecule has 0 spiro atoms. The summed E-state index contributed by atoms with van der Waals surface area (Å²) >= 11 is 0. The average Bonchev–Trinajstić information content (AvgIpc) is 2.64. The Morgan fingerprint density at radius 2 is 1.96 bits per heavy atom. The second kappa shape index (κ2) is 8.30. The van der Waals surface area contributed by atoms with Crippen LogP contribution in [-0.4, -0.2) is 23.3 Å². The molecule has 26 heavy (non-hydrogen) atoms. The number of primary amides is 1. The van der Waals surface area contributed by atoms with Crippen molar-refractivity contribution in [3.63, 3.8) is 0 Å². The highest BCUT2D eigenvalue weighted by molar-refractivity contribution is 5.99. The Kier molecular flexibility index (Phi) is 5.90. The molecule has 0 bridgehead atoms. The van der Waals surface area contributed by atoms with E-state index in [-0.39, 0.29) is 30.2 Å². The summed E-state index contributed by atoms with van der Waals surface area (Å²) in [7, 11) is 0. The van der Waals surface area contributed by atoms with Crippen LogP contribution in [0.1, 0.15) is 26.3 Å². The quantitative estimate of drug-likeness (QED) is 0.397. The molecule has 2 amide bonds. The molecule has 0 aromatic heterocycles. The molecule has 0 atom stereocenters. The van der Waals surface area contributed by atoms with Gasteiger partial charge >= 0.3 is 0 Å². The zero-order chi connectivity index (χ0) is 19.1. The van der Waals surface area contributed by atoms with Gasteiger partial charge in [0, 0.05) is 29.4 Å². The van der Waals surface area contributed by atoms with E-state index in [0.29, 0.717) is 16.8 Å². The van der Waals surface area contributed by atoms with Gasteiger partial charge in [0.1, 0.15) is 0 Å². The predicted octanol–water partition coefficient (Wildman–Crippen LogP) is 1.67. The number of carbonyl (C=O) groups excluding carboxylic acids is 2. The molecule has 2 aromatic carbocycles. The first-order chi connectivity index (χ1) is 12.4. The maximum Gasteiger partial charge on any atom is 0.275 e. The van der Waals surface area contributed by atoms with Gasteiger partial charge < -0.3 is 16.4 Å². The number of nitrogens with two attached hydrogens (primary N) is 1. The minimum atomic E-state index is -0.747. The zero-order valence-corrected chi connectivity index (χ0v) is 13.7. The predicted molar refractivity (Wildman–Crippen MR) is 96.5 cm³/mol. The van der Waals surface area contributed by atoms with Crippen LogP contribution in [0.4, 0.5) is 11.4 Å². The van der Waals surface area contributed by atoms with Gasteiger partial charge in [0.2, 0.25) is 5.91 Å². The molecule has 0 saturated heterocycles. The van der Waals surface area contributed by atoms with Gasteiger partial charge in [-0.1, -0.05) is 18.1 Å². The molecule has 4 N–H and O–H groups in total. The number of carbonyl (C=O) groups is 2. The van der Waals surface area contributed by atoms with Gasteiger partial charge in [0.25, 0.3) is 11.6 Å². The molecule has 8 nitrogen and oxygen atoms in total. The smallest absolute Gasteiger partial charge is 0.275 e. The van der Waals surface area contributed by atoms with Gasteiger partial charge in [-0.25, -0.2) is 0 Å². The highest BCUT2D eigenvalue weighted by Gasteiger charge is 2.17. The average molecular weight is 352 g/mol. The molecule has 0 aliphatic heterocycles. The summed E-state index contributed by atoms with van der Waals surface area (Å²) in [5.74, 6) is 1.21. The summed E-state index contributed by atoms with van der Waals surface area (Å²) in [6.45, 7) is 0.169. The van der Waals surface area contributed by atoms with Crippen molar-refractivity contribution in [2.24, 2.45) is 5.73 Å². The van der Waals surface area contributed by atoms with Crippen molar-refractivity contribution in [1.29, 1.82) is 0 Å². The number of amides is 2. The minimum Gasteiger partial charge on any atom is -0.380 e. The Morgan fingerprint density at radius 1 is 1.23 bits per heavy atom. The Bertz CT molecular complexity index is 902. The van der Waals surface area contributed by atoms with E-state index < -0.39 is 10.8 Å². The van der Waals surface area contributed by atoms with Gasteiger partial charge in [0.05, 0.1) is 17.0 Å². The maximum atomic E-state index is 12.1. The van der Waals surface area contributed by atoms with E-state index in [0.717, 1.165) is 6.07 Å². The molecule has 0 fully saturated rings. The first-order valence-corrected chi connectivity index (χ1v) is 7.55. The Labute approximate surface area is 149 Å². The minimum absolute atomic E-state index is 0.0505. The Morgan fingerprint density at radius 3 is 2.62 bits per heavy atom. The van der Waals surface area contributed by atoms with E-state index in [1.165, 1.54) is 12.1 Å². The van der Waals surface area contributed by atoms with Crippen LogP contribution in [0.25, 0.3) is 0 Å². The monoisotopic (exact) mass is 352 g/mol. The van der Waals surface area contributed by atoms with Crippen molar-refractivity contribution in [2.75, 3.05) is 11.9 Å². The normalized spacial score (nSPS) is 9.81. The highest BCUT2D eigenvalue weighted by atomic mass is 16.6. The molecule has 132 valence electrons. The van der Waals surface area contributed by atoms with Crippen molar-refractivity contribution in [1.82, 2.24) is 5.32 Å². The third-order valence-corrected chi connectivity index (χ3v) is 3.56. The van der Waals surface area contributed by atoms with Crippen LogP contribution in [0.5, 0.6) is 0 Å². The van der Waals surface area contributed by atoms with Crippen LogP contribution in [0, 0.1) is 22.5 Å². The van der Waals surface area contributed by atoms with Crippen LogP contribution in [0.3, 0.4) is 0 Å². The van der Waals surface area contributed by atoms with E-state index in [4.69, 9.17) is 12.2 Å². The fourth-order valence-electron chi connectivity index (χ4n) is 2.29. The van der Waals surface area contributed by atoms with Crippen molar-refractivity contribution in [2.45, 2.75) is 6.54 Å². The molecule has 0 saturated carbocycles. The van der Waals surface area contributed by atoms with Crippen LogP contribution >= 0.6 is 0 Å². The largest absolute Gasteiger partial charge is 0.380 e. The number of nitrogens with zero attached hydrogens (tertiary/aromatic N) is 1. The third-order valence-electron chi connectivity index (χ3n) is 3.56. The van der Waals surface area contributed by atoms with Crippen molar-refractivity contribution in [3.8, 4) is 12.3 Å². The maximum absolute atomic E-state index is 12.1. The number of terminal acetylenes is 1. The van der Waals surface area contributed by atoms with E-state index >= 15 is 0 Å². The van der Waals surface area contributed by atoms with Gasteiger partial charge in [-0.2, -0.15) is 0 Å². The van der Waals surface area contributed by atoms with Crippen LogP contribution in [0.2, 0.25) is 0 Å². The Hall–Kier alpha value is -3.86. The number of rotatable bonds is 7. The molecule has 2 rings (SSSR count). The van der Waals surface area contributed by atoms with Crippen molar-refractivity contribution >= 4 is 23.2 Å². The number of hydrogen-bond acceptors (Lipinski definition) is 5. The van der Waals surface area contributed by atoms with E-state index in [1.54, 1.807) is 24.3 Å². The first-order valence-electron chi connectivity index (χ1n) is 7.55. The number of nitrogens with one attached hydrogen (secondary N) is 2. The number of nitro groups is 1. The molecule has 0 unspecified atom stereocenters. The molecule has 2 aromatic rings. The third kappa shape index (κ3) is 4.36. The molecule has 0 radical (unpaired) electrons. The molecule has 0 aliphatic rings. The van der Waals surface area contributed by atoms with Gasteiger partial charge in [-0.15, -0.1) is 6.42 Å². The first kappa shape index (κ1) is 18.5. The number of benzene rings is 2. The van der Waals surface area contributed by atoms with Gasteiger partial charge in [-0.05, 0) is 24.3 Å². The second-order valence-corrected chi connectivity index (χ2v) is 5.25. The Balaban J connectivity index is 2.24. The zero-order valence-electron chi connectivity index (χ0n) is 13.7. The van der Waals surface area contributed by atoms with Crippen LogP contribution < -0.4 is 16.4 Å². The summed E-state index contributed by atoms with van der Waals surface area (Å²) in [6.07, 6.45) is 5.13. The van der Waals surface area contributed by atoms with Crippen molar-refractivity contribution < 1.29 is 14.5 Å². The lowest BCUT2D eigenvalue weighted by atomic mass is 10.1. The van der Waals surface area contributed by atoms with Crippen LogP contribution in [-0.2, 0) is 6.54 Å². The topological polar surface area (TPSA) is 127 Å². The lowest BCUT2D eigenvalue weighted by Gasteiger charge is -2.12. The van der Waals surface area contributed by atoms with E-state index in [2.05, 4.69) is 16.6 Å². The summed E-state index contributed by atoms with van der Waals surface area (Å²) < 4.78 is 0. The van der Waals surface area contributed by atoms with Crippen molar-refractivity contribution in [3.05, 3.63) is 69.3 Å². The fourth-order valence-corrected chi connectivity index (χ4v) is 2.29. The summed E-state index contributed by atoms with van der Waals surface area (Å²) in [5, 5.41) is 16.8. The van der Waals surface area contributed by atoms with E-state index in [1.807, 2.05) is 0 Å². The van der Waals surface area contributed by atoms with E-state index in [9.17, 15) is 19.7 Å². The SMILES string of the molecule is C#CCNC(=O)c1ccccc1NCc1ccc(C(N)=O)cc1[N+](=O)[O-].